The van der Waals surface area contributed by atoms with Crippen LogP contribution in [-0.2, 0) is 19.4 Å². The van der Waals surface area contributed by atoms with Crippen LogP contribution < -0.4 is 9.80 Å². The normalized spacial score (nSPS) is 14.0. The summed E-state index contributed by atoms with van der Waals surface area (Å²) < 4.78 is 25.1. The van der Waals surface area contributed by atoms with Crippen molar-refractivity contribution in [2.75, 3.05) is 43.2 Å². The summed E-state index contributed by atoms with van der Waals surface area (Å²) in [5, 5.41) is 0.395. The van der Waals surface area contributed by atoms with E-state index >= 15 is 0 Å². The Bertz CT molecular complexity index is 1370. The van der Waals surface area contributed by atoms with Crippen molar-refractivity contribution in [2.45, 2.75) is 17.7 Å². The molecule has 0 atom stereocenters. The number of aromatic nitrogens is 1. The smallest absolute Gasteiger partial charge is 0.260 e. The Kier molecular flexibility index (Phi) is 7.95. The van der Waals surface area contributed by atoms with Gasteiger partial charge in [0.2, 0.25) is 11.8 Å². The van der Waals surface area contributed by atoms with Crippen molar-refractivity contribution < 1.29 is 22.8 Å². The molecule has 0 aliphatic carbocycles. The van der Waals surface area contributed by atoms with E-state index < -0.39 is 9.84 Å². The summed E-state index contributed by atoms with van der Waals surface area (Å²) in [7, 11) is 0.292. The summed E-state index contributed by atoms with van der Waals surface area (Å²) in [6.45, 7) is 0.903. The highest BCUT2D eigenvalue weighted by molar-refractivity contribution is 7.91. The Balaban J connectivity index is 0.00000342. The Morgan fingerprint density at radius 1 is 1.03 bits per heavy atom. The van der Waals surface area contributed by atoms with Crippen LogP contribution in [0.4, 0.5) is 10.8 Å². The number of halogens is 1. The number of anilines is 2. The van der Waals surface area contributed by atoms with E-state index in [9.17, 15) is 22.8 Å². The van der Waals surface area contributed by atoms with Crippen LogP contribution in [0.1, 0.15) is 23.2 Å². The fourth-order valence-electron chi connectivity index (χ4n) is 3.68. The predicted molar refractivity (Wildman–Crippen MR) is 138 cm³/mol. The Labute approximate surface area is 213 Å². The van der Waals surface area contributed by atoms with E-state index in [-0.39, 0.29) is 47.9 Å². The van der Waals surface area contributed by atoms with Crippen molar-refractivity contribution in [2.24, 2.45) is 0 Å². The largest absolute Gasteiger partial charge is 0.308 e. The number of hydrogen-bond acceptors (Lipinski definition) is 8. The molecule has 1 aliphatic heterocycles. The molecule has 1 fully saturated rings. The second-order valence-electron chi connectivity index (χ2n) is 8.30. The van der Waals surface area contributed by atoms with E-state index in [1.54, 1.807) is 36.4 Å². The van der Waals surface area contributed by atoms with Crippen molar-refractivity contribution in [1.29, 1.82) is 0 Å². The summed E-state index contributed by atoms with van der Waals surface area (Å²) >= 11 is 1.25. The molecule has 0 spiro atoms. The Hall–Kier alpha value is -2.86. The van der Waals surface area contributed by atoms with Crippen molar-refractivity contribution in [3.05, 3.63) is 48.0 Å². The SMILES string of the molecule is CN(C)CCN(C(=O)c1ccc(N2C(=O)CCC2=O)cc1)c1nc2c(S(C)(=O)=O)cccc2s1.Cl. The van der Waals surface area contributed by atoms with Gasteiger partial charge < -0.3 is 4.90 Å². The van der Waals surface area contributed by atoms with E-state index in [0.717, 1.165) is 11.2 Å². The van der Waals surface area contributed by atoms with E-state index in [2.05, 4.69) is 4.98 Å². The summed E-state index contributed by atoms with van der Waals surface area (Å²) in [6, 6.07) is 11.3. The number of fused-ring (bicyclic) bond motifs is 1. The summed E-state index contributed by atoms with van der Waals surface area (Å²) in [4.78, 5) is 46.7. The van der Waals surface area contributed by atoms with E-state index in [1.807, 2.05) is 19.0 Å². The highest BCUT2D eigenvalue weighted by Crippen LogP contribution is 2.33. The lowest BCUT2D eigenvalue weighted by Crippen LogP contribution is -2.36. The molecular formula is C23H25ClN4O5S2. The minimum absolute atomic E-state index is 0. The Morgan fingerprint density at radius 2 is 1.66 bits per heavy atom. The molecule has 2 heterocycles. The zero-order valence-electron chi connectivity index (χ0n) is 19.4. The van der Waals surface area contributed by atoms with Crippen molar-refractivity contribution in [3.8, 4) is 0 Å². The zero-order chi connectivity index (χ0) is 24.6. The molecule has 0 bridgehead atoms. The van der Waals surface area contributed by atoms with Crippen LogP contribution in [0.3, 0.4) is 0 Å². The lowest BCUT2D eigenvalue weighted by atomic mass is 10.1. The number of imide groups is 1. The molecule has 0 saturated carbocycles. The van der Waals surface area contributed by atoms with E-state index in [4.69, 9.17) is 0 Å². The molecule has 0 N–H and O–H groups in total. The number of likely N-dealkylation sites (N-methyl/N-ethyl adjacent to an activating group) is 1. The molecule has 35 heavy (non-hydrogen) atoms. The minimum atomic E-state index is -3.49. The molecule has 1 aromatic heterocycles. The van der Waals surface area contributed by atoms with Gasteiger partial charge in [-0.15, -0.1) is 12.4 Å². The standard InChI is InChI=1S/C23H24N4O5S2.ClH/c1-25(2)13-14-26(23-24-21-17(33-23)5-4-6-18(21)34(3,31)32)22(30)15-7-9-16(10-8-15)27-19(28)11-12-20(27)29;/h4-10H,11-14H2,1-3H3;1H. The van der Waals surface area contributed by atoms with Gasteiger partial charge in [0.05, 0.1) is 15.3 Å². The Morgan fingerprint density at radius 3 is 2.23 bits per heavy atom. The summed E-state index contributed by atoms with van der Waals surface area (Å²) in [5.74, 6) is -0.826. The third kappa shape index (κ3) is 5.53. The fourth-order valence-corrected chi connectivity index (χ4v) is 5.60. The van der Waals surface area contributed by atoms with Gasteiger partial charge >= 0.3 is 0 Å². The second kappa shape index (κ2) is 10.4. The quantitative estimate of drug-likeness (QED) is 0.427. The predicted octanol–water partition coefficient (Wildman–Crippen LogP) is 2.98. The average Bonchev–Trinajstić information content (AvgIpc) is 3.35. The van der Waals surface area contributed by atoms with E-state index in [1.165, 1.54) is 22.3 Å². The molecule has 4 rings (SSSR count). The molecule has 1 saturated heterocycles. The first-order chi connectivity index (χ1) is 16.1. The van der Waals surface area contributed by atoms with Crippen molar-refractivity contribution in [3.63, 3.8) is 0 Å². The maximum absolute atomic E-state index is 13.5. The van der Waals surface area contributed by atoms with Gasteiger partial charge in [0.1, 0.15) is 5.52 Å². The van der Waals surface area contributed by atoms with Crippen LogP contribution in [0, 0.1) is 0 Å². The lowest BCUT2D eigenvalue weighted by Gasteiger charge is -2.22. The topological polar surface area (TPSA) is 108 Å². The van der Waals surface area contributed by atoms with Gasteiger partial charge in [0, 0.05) is 37.8 Å². The van der Waals surface area contributed by atoms with Gasteiger partial charge in [0.25, 0.3) is 5.91 Å². The number of rotatable bonds is 7. The molecule has 0 radical (unpaired) electrons. The third-order valence-corrected chi connectivity index (χ3v) is 7.61. The average molecular weight is 537 g/mol. The lowest BCUT2D eigenvalue weighted by molar-refractivity contribution is -0.121. The van der Waals surface area contributed by atoms with E-state index in [0.29, 0.717) is 39.7 Å². The van der Waals surface area contributed by atoms with Gasteiger partial charge in [-0.3, -0.25) is 24.2 Å². The molecule has 1 aliphatic rings. The van der Waals surface area contributed by atoms with Gasteiger partial charge in [-0.05, 0) is 50.5 Å². The molecular weight excluding hydrogens is 512 g/mol. The van der Waals surface area contributed by atoms with Gasteiger partial charge in [-0.1, -0.05) is 17.4 Å². The maximum atomic E-state index is 13.5. The summed E-state index contributed by atoms with van der Waals surface area (Å²) in [5.41, 5.74) is 1.14. The van der Waals surface area contributed by atoms with Crippen LogP contribution in [0.25, 0.3) is 10.2 Å². The van der Waals surface area contributed by atoms with Gasteiger partial charge in [-0.25, -0.2) is 13.4 Å². The van der Waals surface area contributed by atoms with Crippen LogP contribution in [-0.4, -0.2) is 69.5 Å². The monoisotopic (exact) mass is 536 g/mol. The van der Waals surface area contributed by atoms with Crippen LogP contribution in [0.15, 0.2) is 47.4 Å². The molecule has 3 aromatic rings. The minimum Gasteiger partial charge on any atom is -0.308 e. The molecule has 186 valence electrons. The van der Waals surface area contributed by atoms with Crippen molar-refractivity contribution in [1.82, 2.24) is 9.88 Å². The van der Waals surface area contributed by atoms with Gasteiger partial charge in [-0.2, -0.15) is 0 Å². The first-order valence-electron chi connectivity index (χ1n) is 10.6. The maximum Gasteiger partial charge on any atom is 0.260 e. The van der Waals surface area contributed by atoms with Crippen LogP contribution >= 0.6 is 23.7 Å². The number of amides is 3. The first kappa shape index (κ1) is 26.7. The molecule has 3 amide bonds. The third-order valence-electron chi connectivity index (χ3n) is 5.44. The number of carbonyl (C=O) groups is 3. The molecule has 0 unspecified atom stereocenters. The molecule has 12 heteroatoms. The van der Waals surface area contributed by atoms with Crippen LogP contribution in [0.2, 0.25) is 0 Å². The van der Waals surface area contributed by atoms with Gasteiger partial charge in [0.15, 0.2) is 15.0 Å². The molecule has 2 aromatic carbocycles. The van der Waals surface area contributed by atoms with Crippen LogP contribution in [0.5, 0.6) is 0 Å². The highest BCUT2D eigenvalue weighted by atomic mass is 35.5. The first-order valence-corrected chi connectivity index (χ1v) is 13.3. The fraction of sp³-hybridized carbons (Fsp3) is 0.304. The number of sulfone groups is 1. The number of carbonyl (C=O) groups excluding carboxylic acids is 3. The number of para-hydroxylation sites is 1. The number of thiazole rings is 1. The highest BCUT2D eigenvalue weighted by Gasteiger charge is 2.30. The number of nitrogens with zero attached hydrogens (tertiary/aromatic N) is 4. The zero-order valence-corrected chi connectivity index (χ0v) is 21.9. The summed E-state index contributed by atoms with van der Waals surface area (Å²) in [6.07, 6.45) is 1.50. The van der Waals surface area contributed by atoms with Crippen molar-refractivity contribution >= 4 is 72.3 Å². The number of benzene rings is 2. The second-order valence-corrected chi connectivity index (χ2v) is 11.3. The number of hydrogen-bond donors (Lipinski definition) is 0. The molecule has 9 nitrogen and oxygen atoms in total.